The highest BCUT2D eigenvalue weighted by atomic mass is 32.2. The molecule has 0 fully saturated rings. The third kappa shape index (κ3) is 2.67. The molecule has 1 aliphatic carbocycles. The van der Waals surface area contributed by atoms with E-state index in [4.69, 9.17) is 0 Å². The van der Waals surface area contributed by atoms with Gasteiger partial charge in [-0.3, -0.25) is 5.10 Å². The van der Waals surface area contributed by atoms with Gasteiger partial charge in [0.05, 0.1) is 5.25 Å². The molecular formula is C16H21N3O2S. The summed E-state index contributed by atoms with van der Waals surface area (Å²) in [7, 11) is -3.30. The summed E-state index contributed by atoms with van der Waals surface area (Å²) in [5.74, 6) is 1.11. The van der Waals surface area contributed by atoms with E-state index < -0.39 is 15.1 Å². The fraction of sp³-hybridized carbons (Fsp3) is 0.500. The molecule has 0 saturated heterocycles. The summed E-state index contributed by atoms with van der Waals surface area (Å²) in [4.78, 5) is 4.29. The predicted molar refractivity (Wildman–Crippen MR) is 85.4 cm³/mol. The van der Waals surface area contributed by atoms with Crippen molar-refractivity contribution in [2.75, 3.05) is 0 Å². The van der Waals surface area contributed by atoms with Crippen molar-refractivity contribution in [1.82, 2.24) is 15.2 Å². The van der Waals surface area contributed by atoms with Crippen LogP contribution in [0.15, 0.2) is 24.3 Å². The molecule has 118 valence electrons. The minimum Gasteiger partial charge on any atom is -0.263 e. The van der Waals surface area contributed by atoms with Gasteiger partial charge < -0.3 is 0 Å². The SMILES string of the molecule is CCc1nc(C(C)S(=O)(=O)C2CCc3ccccc3C2)n[nH]1. The van der Waals surface area contributed by atoms with E-state index in [0.717, 1.165) is 24.2 Å². The van der Waals surface area contributed by atoms with E-state index in [1.165, 1.54) is 5.56 Å². The fourth-order valence-corrected chi connectivity index (χ4v) is 4.87. The van der Waals surface area contributed by atoms with Crippen molar-refractivity contribution < 1.29 is 8.42 Å². The number of benzene rings is 1. The van der Waals surface area contributed by atoms with E-state index in [1.807, 2.05) is 25.1 Å². The van der Waals surface area contributed by atoms with Crippen LogP contribution in [0.1, 0.15) is 48.3 Å². The zero-order valence-corrected chi connectivity index (χ0v) is 13.7. The van der Waals surface area contributed by atoms with Gasteiger partial charge in [-0.15, -0.1) is 0 Å². The number of nitrogens with one attached hydrogen (secondary N) is 1. The lowest BCUT2D eigenvalue weighted by Crippen LogP contribution is -2.31. The molecule has 6 heteroatoms. The highest BCUT2D eigenvalue weighted by Crippen LogP contribution is 2.31. The third-order valence-electron chi connectivity index (χ3n) is 4.51. The molecular weight excluding hydrogens is 298 g/mol. The van der Waals surface area contributed by atoms with Crippen LogP contribution in [0.4, 0.5) is 0 Å². The van der Waals surface area contributed by atoms with Gasteiger partial charge in [-0.1, -0.05) is 31.2 Å². The van der Waals surface area contributed by atoms with Crippen molar-refractivity contribution in [1.29, 1.82) is 0 Å². The molecule has 2 aromatic rings. The molecule has 5 nitrogen and oxygen atoms in total. The second-order valence-electron chi connectivity index (χ2n) is 5.86. The molecule has 2 atom stereocenters. The normalized spacial score (nSPS) is 19.6. The van der Waals surface area contributed by atoms with Crippen LogP contribution in [0, 0.1) is 0 Å². The second-order valence-corrected chi connectivity index (χ2v) is 8.41. The summed E-state index contributed by atoms with van der Waals surface area (Å²) in [5.41, 5.74) is 2.42. The Balaban J connectivity index is 1.84. The number of aromatic nitrogens is 3. The number of rotatable bonds is 4. The van der Waals surface area contributed by atoms with E-state index in [1.54, 1.807) is 6.92 Å². The number of fused-ring (bicyclic) bond motifs is 1. The zero-order valence-electron chi connectivity index (χ0n) is 12.9. The molecule has 0 radical (unpaired) electrons. The van der Waals surface area contributed by atoms with Gasteiger partial charge in [0.1, 0.15) is 11.1 Å². The fourth-order valence-electron chi connectivity index (χ4n) is 3.03. The average Bonchev–Trinajstić information content (AvgIpc) is 3.02. The first-order chi connectivity index (χ1) is 10.5. The van der Waals surface area contributed by atoms with Crippen molar-refractivity contribution in [3.63, 3.8) is 0 Å². The molecule has 1 aliphatic rings. The molecule has 0 saturated carbocycles. The van der Waals surface area contributed by atoms with Crippen LogP contribution in [-0.2, 0) is 29.1 Å². The Morgan fingerprint density at radius 3 is 2.73 bits per heavy atom. The number of hydrogen-bond acceptors (Lipinski definition) is 4. The van der Waals surface area contributed by atoms with Crippen molar-refractivity contribution in [3.8, 4) is 0 Å². The van der Waals surface area contributed by atoms with Gasteiger partial charge in [0.25, 0.3) is 0 Å². The molecule has 0 bridgehead atoms. The molecule has 1 heterocycles. The topological polar surface area (TPSA) is 75.7 Å². The molecule has 22 heavy (non-hydrogen) atoms. The molecule has 2 unspecified atom stereocenters. The van der Waals surface area contributed by atoms with Gasteiger partial charge in [-0.05, 0) is 37.3 Å². The predicted octanol–water partition coefficient (Wildman–Crippen LogP) is 2.40. The van der Waals surface area contributed by atoms with Gasteiger partial charge in [0.15, 0.2) is 15.7 Å². The van der Waals surface area contributed by atoms with E-state index in [-0.39, 0.29) is 5.25 Å². The zero-order chi connectivity index (χ0) is 15.7. The molecule has 0 spiro atoms. The summed E-state index contributed by atoms with van der Waals surface area (Å²) < 4.78 is 25.8. The van der Waals surface area contributed by atoms with Gasteiger partial charge in [-0.25, -0.2) is 13.4 Å². The maximum Gasteiger partial charge on any atom is 0.168 e. The number of nitrogens with zero attached hydrogens (tertiary/aromatic N) is 2. The Morgan fingerprint density at radius 1 is 1.32 bits per heavy atom. The van der Waals surface area contributed by atoms with Crippen LogP contribution in [0.3, 0.4) is 0 Å². The van der Waals surface area contributed by atoms with Crippen LogP contribution in [-0.4, -0.2) is 28.8 Å². The first-order valence-electron chi connectivity index (χ1n) is 7.73. The first-order valence-corrected chi connectivity index (χ1v) is 9.34. The summed E-state index contributed by atoms with van der Waals surface area (Å²) in [6.45, 7) is 3.65. The highest BCUT2D eigenvalue weighted by molar-refractivity contribution is 7.92. The van der Waals surface area contributed by atoms with Gasteiger partial charge in [-0.2, -0.15) is 5.10 Å². The number of sulfone groups is 1. The number of hydrogen-bond donors (Lipinski definition) is 1. The van der Waals surface area contributed by atoms with Crippen molar-refractivity contribution in [2.45, 2.75) is 50.0 Å². The standard InChI is InChI=1S/C16H21N3O2S/c1-3-15-17-16(19-18-15)11(2)22(20,21)14-9-8-12-6-4-5-7-13(12)10-14/h4-7,11,14H,3,8-10H2,1-2H3,(H,17,18,19). The smallest absolute Gasteiger partial charge is 0.168 e. The lowest BCUT2D eigenvalue weighted by atomic mass is 9.91. The van der Waals surface area contributed by atoms with Crippen molar-refractivity contribution >= 4 is 9.84 Å². The Labute approximate surface area is 131 Å². The number of aryl methyl sites for hydroxylation is 2. The molecule has 0 aliphatic heterocycles. The quantitative estimate of drug-likeness (QED) is 0.939. The van der Waals surface area contributed by atoms with Gasteiger partial charge >= 0.3 is 0 Å². The maximum absolute atomic E-state index is 12.9. The van der Waals surface area contributed by atoms with Crippen LogP contribution in [0.25, 0.3) is 0 Å². The van der Waals surface area contributed by atoms with Gasteiger partial charge in [0.2, 0.25) is 0 Å². The Bertz CT molecular complexity index is 767. The monoisotopic (exact) mass is 319 g/mol. The first kappa shape index (κ1) is 15.2. The molecule has 3 rings (SSSR count). The van der Waals surface area contributed by atoms with Crippen LogP contribution >= 0.6 is 0 Å². The summed E-state index contributed by atoms with van der Waals surface area (Å²) >= 11 is 0. The van der Waals surface area contributed by atoms with Crippen LogP contribution in [0.2, 0.25) is 0 Å². The molecule has 1 aromatic heterocycles. The lowest BCUT2D eigenvalue weighted by molar-refractivity contribution is 0.549. The average molecular weight is 319 g/mol. The summed E-state index contributed by atoms with van der Waals surface area (Å²) in [6.07, 6.45) is 2.81. The van der Waals surface area contributed by atoms with E-state index in [2.05, 4.69) is 21.2 Å². The highest BCUT2D eigenvalue weighted by Gasteiger charge is 2.36. The van der Waals surface area contributed by atoms with E-state index in [0.29, 0.717) is 18.7 Å². The number of H-pyrrole nitrogens is 1. The minimum absolute atomic E-state index is 0.346. The maximum atomic E-state index is 12.9. The molecule has 0 amide bonds. The largest absolute Gasteiger partial charge is 0.263 e. The second kappa shape index (κ2) is 5.83. The Hall–Kier alpha value is -1.69. The van der Waals surface area contributed by atoms with Gasteiger partial charge in [0, 0.05) is 6.42 Å². The Kier molecular flexibility index (Phi) is 4.04. The van der Waals surface area contributed by atoms with E-state index in [9.17, 15) is 8.42 Å². The summed E-state index contributed by atoms with van der Waals surface area (Å²) in [5, 5.41) is 5.86. The molecule has 1 N–H and O–H groups in total. The lowest BCUT2D eigenvalue weighted by Gasteiger charge is -2.26. The van der Waals surface area contributed by atoms with Crippen LogP contribution in [0.5, 0.6) is 0 Å². The van der Waals surface area contributed by atoms with Crippen molar-refractivity contribution in [3.05, 3.63) is 47.0 Å². The Morgan fingerprint density at radius 2 is 2.05 bits per heavy atom. The van der Waals surface area contributed by atoms with Crippen molar-refractivity contribution in [2.24, 2.45) is 0 Å². The minimum atomic E-state index is -3.30. The molecule has 1 aromatic carbocycles. The summed E-state index contributed by atoms with van der Waals surface area (Å²) in [6, 6.07) is 8.10. The third-order valence-corrected chi connectivity index (χ3v) is 7.03. The van der Waals surface area contributed by atoms with Crippen LogP contribution < -0.4 is 0 Å². The number of aromatic amines is 1. The van der Waals surface area contributed by atoms with E-state index >= 15 is 0 Å².